The van der Waals surface area contributed by atoms with E-state index in [1.165, 1.54) is 6.07 Å². The summed E-state index contributed by atoms with van der Waals surface area (Å²) in [6.45, 7) is 2.14. The summed E-state index contributed by atoms with van der Waals surface area (Å²) >= 11 is 0. The summed E-state index contributed by atoms with van der Waals surface area (Å²) in [4.78, 5) is 13.2. The van der Waals surface area contributed by atoms with Gasteiger partial charge in [0, 0.05) is 29.1 Å². The number of pyridine rings is 1. The molecule has 3 aromatic rings. The molecule has 2 heterocycles. The number of halogens is 1. The molecule has 4 rings (SSSR count). The number of rotatable bonds is 4. The predicted octanol–water partition coefficient (Wildman–Crippen LogP) is 3.62. The first kappa shape index (κ1) is 16.6. The van der Waals surface area contributed by atoms with Crippen molar-refractivity contribution >= 4 is 11.6 Å². The number of nitrogens with zero attached hydrogens (tertiary/aromatic N) is 3. The van der Waals surface area contributed by atoms with E-state index in [4.69, 9.17) is 0 Å². The first-order valence-corrected chi connectivity index (χ1v) is 8.54. The van der Waals surface area contributed by atoms with Crippen molar-refractivity contribution in [1.82, 2.24) is 15.0 Å². The fourth-order valence-corrected chi connectivity index (χ4v) is 3.31. The van der Waals surface area contributed by atoms with Crippen LogP contribution in [0.4, 0.5) is 16.0 Å². The SMILES string of the molecule is CC1(CO)CCc2ncc(-c3ccnc(Nc4ccccc4F)n3)cc21. The van der Waals surface area contributed by atoms with Crippen LogP contribution in [0.15, 0.2) is 48.8 Å². The molecule has 0 bridgehead atoms. The maximum absolute atomic E-state index is 13.8. The highest BCUT2D eigenvalue weighted by Gasteiger charge is 2.34. The lowest BCUT2D eigenvalue weighted by Gasteiger charge is -2.22. The topological polar surface area (TPSA) is 70.9 Å². The molecule has 2 N–H and O–H groups in total. The van der Waals surface area contributed by atoms with Gasteiger partial charge in [-0.05, 0) is 42.7 Å². The van der Waals surface area contributed by atoms with E-state index in [2.05, 4.69) is 27.2 Å². The van der Waals surface area contributed by atoms with Gasteiger partial charge in [0.1, 0.15) is 5.82 Å². The fourth-order valence-electron chi connectivity index (χ4n) is 3.31. The van der Waals surface area contributed by atoms with Gasteiger partial charge < -0.3 is 10.4 Å². The Morgan fingerprint density at radius 1 is 1.23 bits per heavy atom. The van der Waals surface area contributed by atoms with Gasteiger partial charge in [-0.3, -0.25) is 4.98 Å². The van der Waals surface area contributed by atoms with Crippen molar-refractivity contribution in [1.29, 1.82) is 0 Å². The van der Waals surface area contributed by atoms with Crippen LogP contribution in [0, 0.1) is 5.82 Å². The summed E-state index contributed by atoms with van der Waals surface area (Å²) in [5.74, 6) is -0.0440. The highest BCUT2D eigenvalue weighted by atomic mass is 19.1. The number of anilines is 2. The minimum absolute atomic E-state index is 0.0923. The third kappa shape index (κ3) is 2.93. The largest absolute Gasteiger partial charge is 0.395 e. The Labute approximate surface area is 151 Å². The Balaban J connectivity index is 1.68. The number of nitrogens with one attached hydrogen (secondary N) is 1. The lowest BCUT2D eigenvalue weighted by molar-refractivity contribution is 0.206. The van der Waals surface area contributed by atoms with Crippen LogP contribution in [0.5, 0.6) is 0 Å². The zero-order chi connectivity index (χ0) is 18.1. The van der Waals surface area contributed by atoms with Gasteiger partial charge in [0.25, 0.3) is 0 Å². The second-order valence-electron chi connectivity index (χ2n) is 6.81. The zero-order valence-corrected chi connectivity index (χ0v) is 14.4. The van der Waals surface area contributed by atoms with Crippen molar-refractivity contribution < 1.29 is 9.50 Å². The van der Waals surface area contributed by atoms with Gasteiger partial charge in [0.15, 0.2) is 0 Å². The Hall–Kier alpha value is -2.86. The molecule has 0 amide bonds. The number of hydrogen-bond acceptors (Lipinski definition) is 5. The van der Waals surface area contributed by atoms with Crippen molar-refractivity contribution in [2.24, 2.45) is 0 Å². The van der Waals surface area contributed by atoms with E-state index < -0.39 is 0 Å². The lowest BCUT2D eigenvalue weighted by atomic mass is 9.85. The molecule has 5 nitrogen and oxygen atoms in total. The second kappa shape index (κ2) is 6.46. The lowest BCUT2D eigenvalue weighted by Crippen LogP contribution is -2.23. The van der Waals surface area contributed by atoms with E-state index in [0.29, 0.717) is 17.3 Å². The summed E-state index contributed by atoms with van der Waals surface area (Å²) in [5, 5.41) is 12.7. The van der Waals surface area contributed by atoms with Gasteiger partial charge in [-0.1, -0.05) is 19.1 Å². The number of aliphatic hydroxyl groups is 1. The van der Waals surface area contributed by atoms with Crippen LogP contribution in [0.1, 0.15) is 24.6 Å². The van der Waals surface area contributed by atoms with E-state index in [0.717, 1.165) is 29.7 Å². The number of aryl methyl sites for hydroxylation is 1. The first-order chi connectivity index (χ1) is 12.6. The van der Waals surface area contributed by atoms with E-state index in [-0.39, 0.29) is 17.8 Å². The normalized spacial score (nSPS) is 18.6. The standard InChI is InChI=1S/C20H19FN4O/c1-20(12-26)8-6-17-14(20)10-13(11-23-17)16-7-9-22-19(24-16)25-18-5-3-2-4-15(18)21/h2-5,7,9-11,26H,6,8,12H2,1H3,(H,22,24,25). The fraction of sp³-hybridized carbons (Fsp3) is 0.250. The molecule has 6 heteroatoms. The maximum atomic E-state index is 13.8. The number of aromatic nitrogens is 3. The third-order valence-corrected chi connectivity index (χ3v) is 4.95. The van der Waals surface area contributed by atoms with Gasteiger partial charge in [0.2, 0.25) is 5.95 Å². The van der Waals surface area contributed by atoms with E-state index >= 15 is 0 Å². The summed E-state index contributed by atoms with van der Waals surface area (Å²) in [7, 11) is 0. The van der Waals surface area contributed by atoms with Crippen molar-refractivity contribution in [2.45, 2.75) is 25.2 Å². The molecule has 1 atom stereocenters. The monoisotopic (exact) mass is 350 g/mol. The summed E-state index contributed by atoms with van der Waals surface area (Å²) in [6, 6.07) is 10.2. The molecule has 1 aliphatic carbocycles. The average molecular weight is 350 g/mol. The molecule has 1 aliphatic rings. The van der Waals surface area contributed by atoms with E-state index in [9.17, 15) is 9.50 Å². The average Bonchev–Trinajstić information content (AvgIpc) is 3.01. The number of aliphatic hydroxyl groups excluding tert-OH is 1. The third-order valence-electron chi connectivity index (χ3n) is 4.95. The van der Waals surface area contributed by atoms with Gasteiger partial charge in [-0.2, -0.15) is 0 Å². The molecule has 1 unspecified atom stereocenters. The number of para-hydroxylation sites is 1. The molecule has 2 aromatic heterocycles. The summed E-state index contributed by atoms with van der Waals surface area (Å²) < 4.78 is 13.8. The molecular weight excluding hydrogens is 331 g/mol. The maximum Gasteiger partial charge on any atom is 0.227 e. The summed E-state index contributed by atoms with van der Waals surface area (Å²) in [6.07, 6.45) is 5.18. The minimum atomic E-state index is -0.362. The summed E-state index contributed by atoms with van der Waals surface area (Å²) in [5.41, 5.74) is 3.71. The molecule has 1 aromatic carbocycles. The van der Waals surface area contributed by atoms with Crippen molar-refractivity contribution in [3.63, 3.8) is 0 Å². The van der Waals surface area contributed by atoms with Gasteiger partial charge >= 0.3 is 0 Å². The van der Waals surface area contributed by atoms with Crippen LogP contribution in [0.3, 0.4) is 0 Å². The Bertz CT molecular complexity index is 962. The van der Waals surface area contributed by atoms with Gasteiger partial charge in [0.05, 0.1) is 18.0 Å². The molecule has 0 radical (unpaired) electrons. The molecule has 0 spiro atoms. The number of fused-ring (bicyclic) bond motifs is 1. The van der Waals surface area contributed by atoms with Crippen LogP contribution in [-0.4, -0.2) is 26.7 Å². The smallest absolute Gasteiger partial charge is 0.227 e. The first-order valence-electron chi connectivity index (χ1n) is 8.54. The molecule has 132 valence electrons. The van der Waals surface area contributed by atoms with E-state index in [1.807, 2.05) is 6.07 Å². The zero-order valence-electron chi connectivity index (χ0n) is 14.4. The highest BCUT2D eigenvalue weighted by Crippen LogP contribution is 2.39. The van der Waals surface area contributed by atoms with Crippen molar-refractivity contribution in [3.8, 4) is 11.3 Å². The van der Waals surface area contributed by atoms with E-state index in [1.54, 1.807) is 36.7 Å². The van der Waals surface area contributed by atoms with Crippen LogP contribution in [0.2, 0.25) is 0 Å². The second-order valence-corrected chi connectivity index (χ2v) is 6.81. The van der Waals surface area contributed by atoms with Crippen LogP contribution in [0.25, 0.3) is 11.3 Å². The Kier molecular flexibility index (Phi) is 4.12. The molecule has 0 aliphatic heterocycles. The van der Waals surface area contributed by atoms with Gasteiger partial charge in [-0.15, -0.1) is 0 Å². The Morgan fingerprint density at radius 2 is 2.08 bits per heavy atom. The molecule has 26 heavy (non-hydrogen) atoms. The number of hydrogen-bond donors (Lipinski definition) is 2. The van der Waals surface area contributed by atoms with Crippen LogP contribution in [-0.2, 0) is 11.8 Å². The minimum Gasteiger partial charge on any atom is -0.395 e. The molecule has 0 fully saturated rings. The van der Waals surface area contributed by atoms with Crippen molar-refractivity contribution in [3.05, 3.63) is 65.9 Å². The van der Waals surface area contributed by atoms with Crippen molar-refractivity contribution in [2.75, 3.05) is 11.9 Å². The molecule has 0 saturated heterocycles. The number of benzene rings is 1. The molecular formula is C20H19FN4O. The Morgan fingerprint density at radius 3 is 2.88 bits per heavy atom. The quantitative estimate of drug-likeness (QED) is 0.752. The van der Waals surface area contributed by atoms with Crippen LogP contribution < -0.4 is 5.32 Å². The molecule has 0 saturated carbocycles. The predicted molar refractivity (Wildman–Crippen MR) is 97.7 cm³/mol. The van der Waals surface area contributed by atoms with Crippen LogP contribution >= 0.6 is 0 Å². The van der Waals surface area contributed by atoms with Gasteiger partial charge in [-0.25, -0.2) is 14.4 Å². The highest BCUT2D eigenvalue weighted by molar-refractivity contribution is 5.63.